The zero-order valence-corrected chi connectivity index (χ0v) is 11.2. The second kappa shape index (κ2) is 4.68. The molecule has 1 aromatic rings. The molecule has 100 valence electrons. The molecule has 0 atom stereocenters. The second-order valence-electron chi connectivity index (χ2n) is 5.36. The lowest BCUT2D eigenvalue weighted by Gasteiger charge is -2.15. The Morgan fingerprint density at radius 3 is 2.74 bits per heavy atom. The molecule has 2 aliphatic heterocycles. The first kappa shape index (κ1) is 12.2. The third-order valence-electron chi connectivity index (χ3n) is 4.04. The highest BCUT2D eigenvalue weighted by molar-refractivity contribution is 6.01. The lowest BCUT2D eigenvalue weighted by atomic mass is 10.1. The number of hydrogen-bond donors (Lipinski definition) is 0. The number of rotatable bonds is 2. The van der Waals surface area contributed by atoms with E-state index in [1.807, 2.05) is 23.1 Å². The summed E-state index contributed by atoms with van der Waals surface area (Å²) < 4.78 is 0. The van der Waals surface area contributed by atoms with Crippen molar-refractivity contribution in [2.45, 2.75) is 25.7 Å². The van der Waals surface area contributed by atoms with Crippen LogP contribution < -0.4 is 4.90 Å². The standard InChI is InChI=1S/C15H18N2O2/c1-16-13-5-4-11(8-12(13)10-14(16)18)9-15(19)17-6-2-3-7-17/h4-5,8H,2-3,6-7,9-10H2,1H3. The number of anilines is 1. The smallest absolute Gasteiger partial charge is 0.231 e. The molecule has 0 spiro atoms. The van der Waals surface area contributed by atoms with E-state index in [1.165, 1.54) is 0 Å². The Hall–Kier alpha value is -1.84. The quantitative estimate of drug-likeness (QED) is 0.804. The van der Waals surface area contributed by atoms with E-state index in [0.717, 1.165) is 42.7 Å². The predicted molar refractivity (Wildman–Crippen MR) is 73.1 cm³/mol. The second-order valence-corrected chi connectivity index (χ2v) is 5.36. The van der Waals surface area contributed by atoms with Gasteiger partial charge in [0.1, 0.15) is 0 Å². The maximum absolute atomic E-state index is 12.1. The minimum absolute atomic E-state index is 0.123. The first-order chi connectivity index (χ1) is 9.15. The summed E-state index contributed by atoms with van der Waals surface area (Å²) in [4.78, 5) is 27.3. The number of likely N-dealkylation sites (N-methyl/N-ethyl adjacent to an activating group) is 1. The molecule has 1 saturated heterocycles. The van der Waals surface area contributed by atoms with Crippen molar-refractivity contribution in [1.82, 2.24) is 4.90 Å². The minimum atomic E-state index is 0.123. The Labute approximate surface area is 113 Å². The molecule has 4 heteroatoms. The van der Waals surface area contributed by atoms with E-state index < -0.39 is 0 Å². The SMILES string of the molecule is CN1C(=O)Cc2cc(CC(=O)N3CCCC3)ccc21. The number of carbonyl (C=O) groups is 2. The fourth-order valence-electron chi connectivity index (χ4n) is 2.89. The number of benzene rings is 1. The molecule has 2 amide bonds. The zero-order chi connectivity index (χ0) is 13.4. The van der Waals surface area contributed by atoms with Gasteiger partial charge in [-0.05, 0) is 30.0 Å². The highest BCUT2D eigenvalue weighted by atomic mass is 16.2. The van der Waals surface area contributed by atoms with E-state index in [1.54, 1.807) is 11.9 Å². The molecule has 2 aliphatic rings. The fraction of sp³-hybridized carbons (Fsp3) is 0.467. The molecule has 1 aromatic carbocycles. The minimum Gasteiger partial charge on any atom is -0.342 e. The van der Waals surface area contributed by atoms with Gasteiger partial charge < -0.3 is 9.80 Å². The lowest BCUT2D eigenvalue weighted by molar-refractivity contribution is -0.129. The third-order valence-corrected chi connectivity index (χ3v) is 4.04. The van der Waals surface area contributed by atoms with Gasteiger partial charge >= 0.3 is 0 Å². The summed E-state index contributed by atoms with van der Waals surface area (Å²) in [6.07, 6.45) is 3.15. The first-order valence-electron chi connectivity index (χ1n) is 6.81. The van der Waals surface area contributed by atoms with Gasteiger partial charge in [0, 0.05) is 25.8 Å². The number of carbonyl (C=O) groups excluding carboxylic acids is 2. The molecule has 0 aromatic heterocycles. The predicted octanol–water partition coefficient (Wildman–Crippen LogP) is 1.37. The van der Waals surface area contributed by atoms with E-state index in [9.17, 15) is 9.59 Å². The van der Waals surface area contributed by atoms with E-state index in [2.05, 4.69) is 0 Å². The highest BCUT2D eigenvalue weighted by Gasteiger charge is 2.24. The van der Waals surface area contributed by atoms with Gasteiger partial charge in [-0.15, -0.1) is 0 Å². The van der Waals surface area contributed by atoms with Crippen molar-refractivity contribution in [3.63, 3.8) is 0 Å². The van der Waals surface area contributed by atoms with Crippen LogP contribution in [0.5, 0.6) is 0 Å². The molecule has 0 N–H and O–H groups in total. The van der Waals surface area contributed by atoms with Crippen molar-refractivity contribution >= 4 is 17.5 Å². The molecule has 0 radical (unpaired) electrons. The Balaban J connectivity index is 1.75. The average molecular weight is 258 g/mol. The number of hydrogen-bond acceptors (Lipinski definition) is 2. The molecule has 19 heavy (non-hydrogen) atoms. The summed E-state index contributed by atoms with van der Waals surface area (Å²) in [7, 11) is 1.79. The van der Waals surface area contributed by atoms with Gasteiger partial charge in [-0.25, -0.2) is 0 Å². The van der Waals surface area contributed by atoms with E-state index in [0.29, 0.717) is 12.8 Å². The van der Waals surface area contributed by atoms with Crippen molar-refractivity contribution in [3.8, 4) is 0 Å². The fourth-order valence-corrected chi connectivity index (χ4v) is 2.89. The maximum Gasteiger partial charge on any atom is 0.231 e. The number of fused-ring (bicyclic) bond motifs is 1. The van der Waals surface area contributed by atoms with Gasteiger partial charge in [0.2, 0.25) is 11.8 Å². The molecule has 0 aliphatic carbocycles. The number of likely N-dealkylation sites (tertiary alicyclic amines) is 1. The monoisotopic (exact) mass is 258 g/mol. The Morgan fingerprint density at radius 1 is 1.26 bits per heavy atom. The summed E-state index contributed by atoms with van der Waals surface area (Å²) in [5.74, 6) is 0.327. The zero-order valence-electron chi connectivity index (χ0n) is 11.2. The van der Waals surface area contributed by atoms with Gasteiger partial charge in [-0.3, -0.25) is 9.59 Å². The van der Waals surface area contributed by atoms with Crippen LogP contribution in [-0.4, -0.2) is 36.9 Å². The summed E-state index contributed by atoms with van der Waals surface area (Å²) in [6, 6.07) is 5.92. The average Bonchev–Trinajstić information content (AvgIpc) is 2.99. The van der Waals surface area contributed by atoms with Crippen LogP contribution in [0.1, 0.15) is 24.0 Å². The molecule has 0 unspecified atom stereocenters. The highest BCUT2D eigenvalue weighted by Crippen LogP contribution is 2.28. The Morgan fingerprint density at radius 2 is 2.00 bits per heavy atom. The van der Waals surface area contributed by atoms with Gasteiger partial charge in [0.25, 0.3) is 0 Å². The van der Waals surface area contributed by atoms with Gasteiger partial charge in [-0.1, -0.05) is 12.1 Å². The first-order valence-corrected chi connectivity index (χ1v) is 6.81. The lowest BCUT2D eigenvalue weighted by Crippen LogP contribution is -2.29. The normalized spacial score (nSPS) is 18.1. The number of amides is 2. The van der Waals surface area contributed by atoms with Gasteiger partial charge in [0.05, 0.1) is 12.8 Å². The van der Waals surface area contributed by atoms with Crippen molar-refractivity contribution in [1.29, 1.82) is 0 Å². The molecule has 0 bridgehead atoms. The summed E-state index contributed by atoms with van der Waals surface area (Å²) in [5.41, 5.74) is 3.03. The largest absolute Gasteiger partial charge is 0.342 e. The van der Waals surface area contributed by atoms with Crippen LogP contribution in [0, 0.1) is 0 Å². The molecule has 4 nitrogen and oxygen atoms in total. The molecular formula is C15H18N2O2. The number of nitrogens with zero attached hydrogens (tertiary/aromatic N) is 2. The summed E-state index contributed by atoms with van der Waals surface area (Å²) in [5, 5.41) is 0. The van der Waals surface area contributed by atoms with Crippen LogP contribution in [0.2, 0.25) is 0 Å². The molecule has 0 saturated carbocycles. The van der Waals surface area contributed by atoms with Crippen LogP contribution in [0.3, 0.4) is 0 Å². The summed E-state index contributed by atoms with van der Waals surface area (Å²) in [6.45, 7) is 1.79. The van der Waals surface area contributed by atoms with Crippen LogP contribution in [-0.2, 0) is 22.4 Å². The van der Waals surface area contributed by atoms with E-state index in [-0.39, 0.29) is 11.8 Å². The van der Waals surface area contributed by atoms with E-state index >= 15 is 0 Å². The molecular weight excluding hydrogens is 240 g/mol. The Kier molecular flexibility index (Phi) is 3.01. The van der Waals surface area contributed by atoms with Crippen molar-refractivity contribution < 1.29 is 9.59 Å². The van der Waals surface area contributed by atoms with Crippen molar-refractivity contribution in [2.24, 2.45) is 0 Å². The topological polar surface area (TPSA) is 40.6 Å². The third kappa shape index (κ3) is 2.23. The molecule has 2 heterocycles. The van der Waals surface area contributed by atoms with Crippen LogP contribution >= 0.6 is 0 Å². The van der Waals surface area contributed by atoms with Gasteiger partial charge in [0.15, 0.2) is 0 Å². The summed E-state index contributed by atoms with van der Waals surface area (Å²) >= 11 is 0. The maximum atomic E-state index is 12.1. The van der Waals surface area contributed by atoms with E-state index in [4.69, 9.17) is 0 Å². The van der Waals surface area contributed by atoms with Crippen LogP contribution in [0.4, 0.5) is 5.69 Å². The van der Waals surface area contributed by atoms with Gasteiger partial charge in [-0.2, -0.15) is 0 Å². The molecule has 1 fully saturated rings. The van der Waals surface area contributed by atoms with Crippen LogP contribution in [0.15, 0.2) is 18.2 Å². The Bertz CT molecular complexity index is 533. The van der Waals surface area contributed by atoms with Crippen molar-refractivity contribution in [2.75, 3.05) is 25.0 Å². The van der Waals surface area contributed by atoms with Crippen molar-refractivity contribution in [3.05, 3.63) is 29.3 Å². The molecule has 3 rings (SSSR count). The van der Waals surface area contributed by atoms with Crippen LogP contribution in [0.25, 0.3) is 0 Å².